The fraction of sp³-hybridized carbons (Fsp3) is 0.133. The molecule has 104 valence electrons. The first-order valence-electron chi connectivity index (χ1n) is 5.88. The van der Waals surface area contributed by atoms with Gasteiger partial charge in [-0.3, -0.25) is 4.79 Å². The lowest BCUT2D eigenvalue weighted by atomic mass is 10.1. The number of benzene rings is 2. The molecule has 0 aliphatic heterocycles. The Kier molecular flexibility index (Phi) is 5.15. The minimum absolute atomic E-state index is 0.000583. The van der Waals surface area contributed by atoms with E-state index in [1.54, 1.807) is 12.1 Å². The highest BCUT2D eigenvalue weighted by Crippen LogP contribution is 2.20. The summed E-state index contributed by atoms with van der Waals surface area (Å²) in [4.78, 5) is 12.6. The normalized spacial score (nSPS) is 10.6. The second-order valence-corrected chi connectivity index (χ2v) is 5.68. The second-order valence-electron chi connectivity index (χ2n) is 4.19. The van der Waals surface area contributed by atoms with Crippen molar-refractivity contribution in [1.29, 1.82) is 0 Å². The summed E-state index contributed by atoms with van der Waals surface area (Å²) in [7, 11) is 0. The van der Waals surface area contributed by atoms with E-state index in [4.69, 9.17) is 11.6 Å². The van der Waals surface area contributed by atoms with Crippen LogP contribution in [0.2, 0.25) is 5.02 Å². The van der Waals surface area contributed by atoms with Crippen LogP contribution in [0.15, 0.2) is 47.4 Å². The van der Waals surface area contributed by atoms with Gasteiger partial charge in [0.1, 0.15) is 17.4 Å². The van der Waals surface area contributed by atoms with E-state index in [0.717, 1.165) is 4.90 Å². The molecule has 0 unspecified atom stereocenters. The third kappa shape index (κ3) is 4.32. The Bertz CT molecular complexity index is 614. The Hall–Kier alpha value is -1.39. The zero-order chi connectivity index (χ0) is 14.5. The molecule has 0 fully saturated rings. The number of carbonyl (C=O) groups is 1. The van der Waals surface area contributed by atoms with Gasteiger partial charge in [-0.15, -0.1) is 11.8 Å². The van der Waals surface area contributed by atoms with Gasteiger partial charge in [0.25, 0.3) is 0 Å². The third-order valence-corrected chi connectivity index (χ3v) is 3.92. The number of carbonyl (C=O) groups excluding carboxylic acids is 1. The first kappa shape index (κ1) is 15.0. The quantitative estimate of drug-likeness (QED) is 0.755. The van der Waals surface area contributed by atoms with Gasteiger partial charge >= 0.3 is 0 Å². The molecule has 5 heteroatoms. The molecule has 0 saturated heterocycles. The van der Waals surface area contributed by atoms with E-state index in [2.05, 4.69) is 0 Å². The molecule has 0 aromatic heterocycles. The summed E-state index contributed by atoms with van der Waals surface area (Å²) in [6.45, 7) is 0. The van der Waals surface area contributed by atoms with Crippen molar-refractivity contribution in [3.8, 4) is 0 Å². The Morgan fingerprint density at radius 3 is 2.50 bits per heavy atom. The summed E-state index contributed by atoms with van der Waals surface area (Å²) in [5, 5.41) is 0.403. The molecule has 2 aromatic carbocycles. The highest BCUT2D eigenvalue weighted by atomic mass is 35.5. The molecular weight excluding hydrogens is 302 g/mol. The van der Waals surface area contributed by atoms with E-state index in [-0.39, 0.29) is 23.8 Å². The largest absolute Gasteiger partial charge is 0.298 e. The molecule has 0 saturated carbocycles. The molecule has 0 heterocycles. The van der Waals surface area contributed by atoms with Gasteiger partial charge in [0.2, 0.25) is 0 Å². The lowest BCUT2D eigenvalue weighted by Gasteiger charge is -2.04. The number of Topliss-reactive ketones (excluding diaryl/α,β-unsaturated/α-hetero) is 1. The number of hydrogen-bond acceptors (Lipinski definition) is 2. The molecule has 0 atom stereocenters. The van der Waals surface area contributed by atoms with Gasteiger partial charge in [-0.05, 0) is 48.0 Å². The number of thioether (sulfide) groups is 1. The monoisotopic (exact) mass is 312 g/mol. The SMILES string of the molecule is O=C(CSc1ccc(F)cc1)Cc1cc(Cl)ccc1F. The summed E-state index contributed by atoms with van der Waals surface area (Å²) < 4.78 is 26.2. The Morgan fingerprint density at radius 2 is 1.80 bits per heavy atom. The summed E-state index contributed by atoms with van der Waals surface area (Å²) >= 11 is 7.06. The molecule has 0 radical (unpaired) electrons. The maximum Gasteiger partial charge on any atom is 0.147 e. The molecule has 0 spiro atoms. The van der Waals surface area contributed by atoms with Gasteiger partial charge in [-0.2, -0.15) is 0 Å². The number of hydrogen-bond donors (Lipinski definition) is 0. The van der Waals surface area contributed by atoms with Crippen molar-refractivity contribution in [3.63, 3.8) is 0 Å². The van der Waals surface area contributed by atoms with Gasteiger partial charge in [0, 0.05) is 16.3 Å². The standard InChI is InChI=1S/C15H11ClF2OS/c16-11-1-6-15(18)10(7-11)8-13(19)9-20-14-4-2-12(17)3-5-14/h1-7H,8-9H2. The molecule has 0 aliphatic carbocycles. The fourth-order valence-corrected chi connectivity index (χ4v) is 2.59. The van der Waals surface area contributed by atoms with Gasteiger partial charge in [0.05, 0.1) is 5.75 Å². The Labute approximate surface area is 125 Å². The van der Waals surface area contributed by atoms with Gasteiger partial charge in [-0.1, -0.05) is 11.6 Å². The lowest BCUT2D eigenvalue weighted by Crippen LogP contribution is -2.07. The minimum Gasteiger partial charge on any atom is -0.298 e. The third-order valence-electron chi connectivity index (χ3n) is 2.61. The predicted molar refractivity (Wildman–Crippen MR) is 77.2 cm³/mol. The van der Waals surface area contributed by atoms with Crippen LogP contribution >= 0.6 is 23.4 Å². The predicted octanol–water partition coefficient (Wildman–Crippen LogP) is 4.52. The smallest absolute Gasteiger partial charge is 0.147 e. The Morgan fingerprint density at radius 1 is 1.10 bits per heavy atom. The molecular formula is C15H11ClF2OS. The van der Waals surface area contributed by atoms with Crippen LogP contribution in [0, 0.1) is 11.6 Å². The molecule has 20 heavy (non-hydrogen) atoms. The van der Waals surface area contributed by atoms with Crippen molar-refractivity contribution in [2.24, 2.45) is 0 Å². The van der Waals surface area contributed by atoms with E-state index in [0.29, 0.717) is 10.6 Å². The molecule has 0 bridgehead atoms. The van der Waals surface area contributed by atoms with Crippen molar-refractivity contribution in [3.05, 3.63) is 64.7 Å². The zero-order valence-corrected chi connectivity index (χ0v) is 12.0. The van der Waals surface area contributed by atoms with Crippen LogP contribution < -0.4 is 0 Å². The minimum atomic E-state index is -0.436. The van der Waals surface area contributed by atoms with Crippen molar-refractivity contribution in [1.82, 2.24) is 0 Å². The van der Waals surface area contributed by atoms with E-state index < -0.39 is 5.82 Å². The van der Waals surface area contributed by atoms with E-state index >= 15 is 0 Å². The molecule has 0 N–H and O–H groups in total. The Balaban J connectivity index is 1.92. The van der Waals surface area contributed by atoms with Crippen molar-refractivity contribution < 1.29 is 13.6 Å². The van der Waals surface area contributed by atoms with E-state index in [9.17, 15) is 13.6 Å². The number of ketones is 1. The van der Waals surface area contributed by atoms with Gasteiger partial charge in [0.15, 0.2) is 0 Å². The molecule has 0 amide bonds. The first-order valence-corrected chi connectivity index (χ1v) is 7.25. The van der Waals surface area contributed by atoms with E-state index in [1.165, 1.54) is 42.1 Å². The van der Waals surface area contributed by atoms with Crippen LogP contribution in [0.25, 0.3) is 0 Å². The summed E-state index contributed by atoms with van der Waals surface area (Å²) in [5.41, 5.74) is 0.294. The molecule has 0 aliphatic rings. The summed E-state index contributed by atoms with van der Waals surface area (Å²) in [6.07, 6.45) is 0.000583. The van der Waals surface area contributed by atoms with Gasteiger partial charge < -0.3 is 0 Å². The van der Waals surface area contributed by atoms with E-state index in [1.807, 2.05) is 0 Å². The fourth-order valence-electron chi connectivity index (χ4n) is 1.64. The van der Waals surface area contributed by atoms with Crippen molar-refractivity contribution in [2.75, 3.05) is 5.75 Å². The van der Waals surface area contributed by atoms with Crippen LogP contribution in [-0.2, 0) is 11.2 Å². The number of halogens is 3. The molecule has 1 nitrogen and oxygen atoms in total. The number of rotatable bonds is 5. The summed E-state index contributed by atoms with van der Waals surface area (Å²) in [6, 6.07) is 10.0. The zero-order valence-electron chi connectivity index (χ0n) is 10.4. The van der Waals surface area contributed by atoms with Crippen molar-refractivity contribution >= 4 is 29.1 Å². The molecule has 2 rings (SSSR count). The average molecular weight is 313 g/mol. The highest BCUT2D eigenvalue weighted by Gasteiger charge is 2.09. The average Bonchev–Trinajstić information content (AvgIpc) is 2.42. The van der Waals surface area contributed by atoms with Crippen LogP contribution in [-0.4, -0.2) is 11.5 Å². The second kappa shape index (κ2) is 6.86. The van der Waals surface area contributed by atoms with Crippen LogP contribution in [0.3, 0.4) is 0 Å². The van der Waals surface area contributed by atoms with Crippen molar-refractivity contribution in [2.45, 2.75) is 11.3 Å². The van der Waals surface area contributed by atoms with Crippen LogP contribution in [0.4, 0.5) is 8.78 Å². The van der Waals surface area contributed by atoms with Gasteiger partial charge in [-0.25, -0.2) is 8.78 Å². The topological polar surface area (TPSA) is 17.1 Å². The summed E-state index contributed by atoms with van der Waals surface area (Å²) in [5.74, 6) is -0.658. The van der Waals surface area contributed by atoms with Crippen LogP contribution in [0.1, 0.15) is 5.56 Å². The maximum atomic E-state index is 13.5. The maximum absolute atomic E-state index is 13.5. The first-order chi connectivity index (χ1) is 9.54. The highest BCUT2D eigenvalue weighted by molar-refractivity contribution is 8.00. The molecule has 2 aromatic rings. The lowest BCUT2D eigenvalue weighted by molar-refractivity contribution is -0.116. The van der Waals surface area contributed by atoms with Crippen LogP contribution in [0.5, 0.6) is 0 Å².